The highest BCUT2D eigenvalue weighted by Gasteiger charge is 2.21. The molecule has 15 heavy (non-hydrogen) atoms. The van der Waals surface area contributed by atoms with Crippen LogP contribution in [0.25, 0.3) is 0 Å². The lowest BCUT2D eigenvalue weighted by Gasteiger charge is -2.07. The molecule has 1 aromatic rings. The molecule has 0 aliphatic heterocycles. The second-order valence-electron chi connectivity index (χ2n) is 3.80. The van der Waals surface area contributed by atoms with Crippen LogP contribution >= 0.6 is 0 Å². The van der Waals surface area contributed by atoms with E-state index in [-0.39, 0.29) is 11.3 Å². The fourth-order valence-electron chi connectivity index (χ4n) is 1.46. The lowest BCUT2D eigenvalue weighted by atomic mass is 10.1. The predicted molar refractivity (Wildman–Crippen MR) is 54.9 cm³/mol. The predicted octanol–water partition coefficient (Wildman–Crippen LogP) is 1.34. The molecule has 0 spiro atoms. The molecule has 4 heteroatoms. The Kier molecular flexibility index (Phi) is 2.60. The summed E-state index contributed by atoms with van der Waals surface area (Å²) in [5.74, 6) is -1.01. The first-order valence-corrected chi connectivity index (χ1v) is 4.95. The molecule has 0 atom stereocenters. The first-order chi connectivity index (χ1) is 7.16. The zero-order valence-corrected chi connectivity index (χ0v) is 8.23. The van der Waals surface area contributed by atoms with Gasteiger partial charge in [0.25, 0.3) is 0 Å². The van der Waals surface area contributed by atoms with Crippen LogP contribution in [0.1, 0.15) is 28.8 Å². The van der Waals surface area contributed by atoms with E-state index in [9.17, 15) is 9.90 Å². The summed E-state index contributed by atoms with van der Waals surface area (Å²) in [6, 6.07) is 4.98. The Morgan fingerprint density at radius 2 is 2.20 bits per heavy atom. The van der Waals surface area contributed by atoms with Crippen molar-refractivity contribution < 1.29 is 15.0 Å². The van der Waals surface area contributed by atoms with Gasteiger partial charge in [0, 0.05) is 12.6 Å². The van der Waals surface area contributed by atoms with E-state index < -0.39 is 5.97 Å². The number of rotatable bonds is 4. The van der Waals surface area contributed by atoms with Gasteiger partial charge >= 0.3 is 5.97 Å². The van der Waals surface area contributed by atoms with E-state index in [0.717, 1.165) is 0 Å². The monoisotopic (exact) mass is 207 g/mol. The van der Waals surface area contributed by atoms with E-state index in [2.05, 4.69) is 5.32 Å². The van der Waals surface area contributed by atoms with Gasteiger partial charge in [0.15, 0.2) is 0 Å². The Labute approximate surface area is 87.6 Å². The summed E-state index contributed by atoms with van der Waals surface area (Å²) in [6.07, 6.45) is 2.33. The molecule has 0 unspecified atom stereocenters. The summed E-state index contributed by atoms with van der Waals surface area (Å²) in [4.78, 5) is 10.9. The van der Waals surface area contributed by atoms with Crippen molar-refractivity contribution in [1.82, 2.24) is 5.32 Å². The minimum absolute atomic E-state index is 0.0115. The maximum atomic E-state index is 10.9. The van der Waals surface area contributed by atoms with E-state index in [1.54, 1.807) is 6.07 Å². The second kappa shape index (κ2) is 3.90. The molecule has 3 N–H and O–H groups in total. The van der Waals surface area contributed by atoms with Crippen molar-refractivity contribution in [3.8, 4) is 5.75 Å². The number of aromatic carboxylic acids is 1. The van der Waals surface area contributed by atoms with Crippen molar-refractivity contribution in [3.05, 3.63) is 29.3 Å². The average molecular weight is 207 g/mol. The summed E-state index contributed by atoms with van der Waals surface area (Å²) in [5.41, 5.74) is 0.885. The average Bonchev–Trinajstić information content (AvgIpc) is 2.99. The van der Waals surface area contributed by atoms with Crippen LogP contribution in [0.4, 0.5) is 0 Å². The third-order valence-electron chi connectivity index (χ3n) is 2.48. The molecular formula is C11H13NO3. The first kappa shape index (κ1) is 9.98. The van der Waals surface area contributed by atoms with Crippen LogP contribution in [0, 0.1) is 0 Å². The van der Waals surface area contributed by atoms with Gasteiger partial charge in [-0.05, 0) is 30.5 Å². The topological polar surface area (TPSA) is 69.6 Å². The van der Waals surface area contributed by atoms with Gasteiger partial charge in [-0.3, -0.25) is 0 Å². The minimum atomic E-state index is -1.00. The third kappa shape index (κ3) is 2.47. The molecule has 0 saturated heterocycles. The number of carboxylic acid groups (broad SMARTS) is 1. The van der Waals surface area contributed by atoms with Gasteiger partial charge in [0.2, 0.25) is 0 Å². The standard InChI is InChI=1S/C11H13NO3/c13-9-4-1-7(6-12-8-2-3-8)10(5-9)11(14)15/h1,4-5,8,12-13H,2-3,6H2,(H,14,15). The van der Waals surface area contributed by atoms with Crippen LogP contribution in [0.15, 0.2) is 18.2 Å². The lowest BCUT2D eigenvalue weighted by molar-refractivity contribution is 0.0695. The molecule has 0 radical (unpaired) electrons. The number of nitrogens with one attached hydrogen (secondary N) is 1. The van der Waals surface area contributed by atoms with Crippen LogP contribution < -0.4 is 5.32 Å². The molecule has 1 fully saturated rings. The van der Waals surface area contributed by atoms with Crippen molar-refractivity contribution in [2.24, 2.45) is 0 Å². The molecular weight excluding hydrogens is 194 g/mol. The SMILES string of the molecule is O=C(O)c1cc(O)ccc1CNC1CC1. The van der Waals surface area contributed by atoms with Crippen LogP contribution in [0.2, 0.25) is 0 Å². The molecule has 2 rings (SSSR count). The molecule has 80 valence electrons. The van der Waals surface area contributed by atoms with Gasteiger partial charge in [-0.25, -0.2) is 4.79 Å². The molecule has 0 amide bonds. The zero-order valence-electron chi connectivity index (χ0n) is 8.23. The van der Waals surface area contributed by atoms with Gasteiger partial charge in [-0.1, -0.05) is 6.07 Å². The van der Waals surface area contributed by atoms with Crippen molar-refractivity contribution in [2.45, 2.75) is 25.4 Å². The largest absolute Gasteiger partial charge is 0.508 e. The number of carboxylic acids is 1. The van der Waals surface area contributed by atoms with Gasteiger partial charge in [-0.15, -0.1) is 0 Å². The number of hydrogen-bond donors (Lipinski definition) is 3. The summed E-state index contributed by atoms with van der Waals surface area (Å²) in [5, 5.41) is 21.4. The second-order valence-corrected chi connectivity index (χ2v) is 3.80. The van der Waals surface area contributed by atoms with E-state index in [0.29, 0.717) is 18.2 Å². The molecule has 0 heterocycles. The fraction of sp³-hybridized carbons (Fsp3) is 0.364. The Bertz CT molecular complexity index is 385. The molecule has 1 saturated carbocycles. The highest BCUT2D eigenvalue weighted by molar-refractivity contribution is 5.89. The van der Waals surface area contributed by atoms with Crippen molar-refractivity contribution in [1.29, 1.82) is 0 Å². The van der Waals surface area contributed by atoms with Crippen molar-refractivity contribution in [2.75, 3.05) is 0 Å². The summed E-state index contributed by atoms with van der Waals surface area (Å²) >= 11 is 0. The summed E-state index contributed by atoms with van der Waals surface area (Å²) in [7, 11) is 0. The van der Waals surface area contributed by atoms with Gasteiger partial charge in [0.1, 0.15) is 5.75 Å². The fourth-order valence-corrected chi connectivity index (χ4v) is 1.46. The minimum Gasteiger partial charge on any atom is -0.508 e. The number of phenols is 1. The highest BCUT2D eigenvalue weighted by Crippen LogP contribution is 2.21. The van der Waals surface area contributed by atoms with E-state index in [4.69, 9.17) is 5.11 Å². The maximum absolute atomic E-state index is 10.9. The van der Waals surface area contributed by atoms with Gasteiger partial charge < -0.3 is 15.5 Å². The number of benzene rings is 1. The zero-order chi connectivity index (χ0) is 10.8. The Morgan fingerprint density at radius 1 is 1.47 bits per heavy atom. The Morgan fingerprint density at radius 3 is 2.80 bits per heavy atom. The number of phenolic OH excluding ortho intramolecular Hbond substituents is 1. The van der Waals surface area contributed by atoms with E-state index in [1.165, 1.54) is 25.0 Å². The summed E-state index contributed by atoms with van der Waals surface area (Å²) in [6.45, 7) is 0.548. The molecule has 0 aromatic heterocycles. The van der Waals surface area contributed by atoms with Crippen LogP contribution in [0.3, 0.4) is 0 Å². The molecule has 0 bridgehead atoms. The Balaban J connectivity index is 2.15. The molecule has 1 aliphatic carbocycles. The third-order valence-corrected chi connectivity index (χ3v) is 2.48. The lowest BCUT2D eigenvalue weighted by Crippen LogP contribution is -2.17. The number of aromatic hydroxyl groups is 1. The van der Waals surface area contributed by atoms with Crippen LogP contribution in [0.5, 0.6) is 5.75 Å². The van der Waals surface area contributed by atoms with E-state index >= 15 is 0 Å². The van der Waals surface area contributed by atoms with Crippen molar-refractivity contribution >= 4 is 5.97 Å². The molecule has 1 aliphatic rings. The summed E-state index contributed by atoms with van der Waals surface area (Å²) < 4.78 is 0. The van der Waals surface area contributed by atoms with Crippen LogP contribution in [-0.4, -0.2) is 22.2 Å². The first-order valence-electron chi connectivity index (χ1n) is 4.95. The maximum Gasteiger partial charge on any atom is 0.336 e. The number of carbonyl (C=O) groups is 1. The van der Waals surface area contributed by atoms with Crippen LogP contribution in [-0.2, 0) is 6.54 Å². The van der Waals surface area contributed by atoms with E-state index in [1.807, 2.05) is 0 Å². The molecule has 1 aromatic carbocycles. The smallest absolute Gasteiger partial charge is 0.336 e. The van der Waals surface area contributed by atoms with Crippen molar-refractivity contribution in [3.63, 3.8) is 0 Å². The Hall–Kier alpha value is -1.55. The van der Waals surface area contributed by atoms with Gasteiger partial charge in [-0.2, -0.15) is 0 Å². The highest BCUT2D eigenvalue weighted by atomic mass is 16.4. The number of hydrogen-bond acceptors (Lipinski definition) is 3. The quantitative estimate of drug-likeness (QED) is 0.697. The van der Waals surface area contributed by atoms with Gasteiger partial charge in [0.05, 0.1) is 5.56 Å². The normalized spacial score (nSPS) is 15.2. The molecule has 4 nitrogen and oxygen atoms in total.